The van der Waals surface area contributed by atoms with E-state index in [-0.39, 0.29) is 18.5 Å². The fourth-order valence-electron chi connectivity index (χ4n) is 3.60. The molecule has 4 rings (SSSR count). The predicted molar refractivity (Wildman–Crippen MR) is 99.4 cm³/mol. The molecule has 132 valence electrons. The molecule has 0 fully saturated rings. The van der Waals surface area contributed by atoms with E-state index < -0.39 is 6.10 Å². The third kappa shape index (κ3) is 3.13. The van der Waals surface area contributed by atoms with E-state index in [1.807, 2.05) is 67.7 Å². The van der Waals surface area contributed by atoms with E-state index in [0.717, 1.165) is 27.9 Å². The summed E-state index contributed by atoms with van der Waals surface area (Å²) in [6, 6.07) is 17.5. The van der Waals surface area contributed by atoms with E-state index >= 15 is 0 Å². The van der Waals surface area contributed by atoms with Gasteiger partial charge in [-0.3, -0.25) is 9.48 Å². The molecule has 5 heteroatoms. The van der Waals surface area contributed by atoms with Crippen LogP contribution in [0.15, 0.2) is 60.8 Å². The Bertz CT molecular complexity index is 933. The molecule has 1 aliphatic carbocycles. The quantitative estimate of drug-likeness (QED) is 0.762. The number of rotatable bonds is 4. The van der Waals surface area contributed by atoms with Gasteiger partial charge in [0, 0.05) is 11.8 Å². The maximum Gasteiger partial charge on any atom is 0.242 e. The third-order valence-electron chi connectivity index (χ3n) is 4.88. The van der Waals surface area contributed by atoms with E-state index in [0.29, 0.717) is 6.42 Å². The van der Waals surface area contributed by atoms with Crippen LogP contribution in [0.1, 0.15) is 22.9 Å². The number of amides is 1. The number of hydrogen-bond donors (Lipinski definition) is 2. The molecule has 0 aliphatic heterocycles. The molecule has 0 radical (unpaired) electrons. The number of aryl methyl sites for hydroxylation is 1. The number of nitrogens with zero attached hydrogens (tertiary/aromatic N) is 2. The number of aromatic nitrogens is 2. The van der Waals surface area contributed by atoms with E-state index in [4.69, 9.17) is 0 Å². The Kier molecular flexibility index (Phi) is 4.31. The monoisotopic (exact) mass is 347 g/mol. The molecule has 0 unspecified atom stereocenters. The molecule has 0 saturated carbocycles. The summed E-state index contributed by atoms with van der Waals surface area (Å²) in [7, 11) is 0. The summed E-state index contributed by atoms with van der Waals surface area (Å²) in [5.74, 6) is -0.149. The Labute approximate surface area is 152 Å². The zero-order chi connectivity index (χ0) is 18.1. The van der Waals surface area contributed by atoms with Crippen LogP contribution >= 0.6 is 0 Å². The van der Waals surface area contributed by atoms with Crippen molar-refractivity contribution < 1.29 is 9.90 Å². The molecule has 1 aromatic heterocycles. The lowest BCUT2D eigenvalue weighted by Crippen LogP contribution is -2.39. The maximum absolute atomic E-state index is 12.4. The number of aliphatic hydroxyl groups excluding tert-OH is 1. The van der Waals surface area contributed by atoms with Gasteiger partial charge in [-0.15, -0.1) is 0 Å². The van der Waals surface area contributed by atoms with Crippen molar-refractivity contribution in [2.75, 3.05) is 0 Å². The van der Waals surface area contributed by atoms with Crippen LogP contribution in [0.25, 0.3) is 11.1 Å². The molecule has 0 saturated heterocycles. The van der Waals surface area contributed by atoms with Crippen molar-refractivity contribution in [3.05, 3.63) is 77.6 Å². The lowest BCUT2D eigenvalue weighted by Gasteiger charge is -2.17. The summed E-state index contributed by atoms with van der Waals surface area (Å²) in [4.78, 5) is 12.4. The van der Waals surface area contributed by atoms with E-state index in [1.165, 1.54) is 0 Å². The van der Waals surface area contributed by atoms with Gasteiger partial charge in [-0.1, -0.05) is 54.6 Å². The predicted octanol–water partition coefficient (Wildman–Crippen LogP) is 2.63. The number of carbonyl (C=O) groups is 1. The molecule has 1 aliphatic rings. The highest BCUT2D eigenvalue weighted by molar-refractivity contribution is 5.76. The Balaban J connectivity index is 1.43. The summed E-state index contributed by atoms with van der Waals surface area (Å²) in [6.45, 7) is 2.07. The summed E-state index contributed by atoms with van der Waals surface area (Å²) < 4.78 is 1.65. The van der Waals surface area contributed by atoms with E-state index in [9.17, 15) is 9.90 Å². The minimum Gasteiger partial charge on any atom is -0.386 e. The second-order valence-corrected chi connectivity index (χ2v) is 6.71. The first-order chi connectivity index (χ1) is 12.6. The van der Waals surface area contributed by atoms with Gasteiger partial charge in [0.15, 0.2) is 0 Å². The number of carbonyl (C=O) groups excluding carboxylic acids is 1. The van der Waals surface area contributed by atoms with Crippen LogP contribution in [0.2, 0.25) is 0 Å². The number of aliphatic hydroxyl groups is 1. The second kappa shape index (κ2) is 6.77. The van der Waals surface area contributed by atoms with Crippen molar-refractivity contribution in [1.29, 1.82) is 0 Å². The fourth-order valence-corrected chi connectivity index (χ4v) is 3.60. The minimum absolute atomic E-state index is 0.132. The fraction of sp³-hybridized carbons (Fsp3) is 0.238. The van der Waals surface area contributed by atoms with Crippen LogP contribution in [0.4, 0.5) is 0 Å². The van der Waals surface area contributed by atoms with Crippen LogP contribution in [-0.2, 0) is 17.8 Å². The Hall–Kier alpha value is -2.92. The molecule has 5 nitrogen and oxygen atoms in total. The van der Waals surface area contributed by atoms with Gasteiger partial charge in [0.25, 0.3) is 0 Å². The molecule has 1 heterocycles. The average Bonchev–Trinajstić information content (AvgIpc) is 3.16. The molecule has 1 amide bonds. The molecule has 3 aromatic rings. The van der Waals surface area contributed by atoms with Crippen molar-refractivity contribution in [2.45, 2.75) is 32.0 Å². The Morgan fingerprint density at radius 3 is 2.69 bits per heavy atom. The zero-order valence-electron chi connectivity index (χ0n) is 14.6. The van der Waals surface area contributed by atoms with Gasteiger partial charge in [0.2, 0.25) is 5.91 Å². The number of fused-ring (bicyclic) bond motifs is 1. The Morgan fingerprint density at radius 1 is 1.19 bits per heavy atom. The SMILES string of the molecule is Cc1nn(CC(=O)N[C@@H]2Cc3ccccc3[C@H]2O)cc1-c1ccccc1. The molecule has 2 aromatic carbocycles. The highest BCUT2D eigenvalue weighted by Crippen LogP contribution is 2.31. The third-order valence-corrected chi connectivity index (χ3v) is 4.88. The van der Waals surface area contributed by atoms with E-state index in [1.54, 1.807) is 4.68 Å². The first kappa shape index (κ1) is 16.5. The van der Waals surface area contributed by atoms with Crippen molar-refractivity contribution in [1.82, 2.24) is 15.1 Å². The molecule has 2 N–H and O–H groups in total. The van der Waals surface area contributed by atoms with Crippen molar-refractivity contribution >= 4 is 5.91 Å². The summed E-state index contributed by atoms with van der Waals surface area (Å²) in [5.41, 5.74) is 4.98. The van der Waals surface area contributed by atoms with Crippen molar-refractivity contribution in [2.24, 2.45) is 0 Å². The van der Waals surface area contributed by atoms with Crippen molar-refractivity contribution in [3.8, 4) is 11.1 Å². The van der Waals surface area contributed by atoms with Crippen molar-refractivity contribution in [3.63, 3.8) is 0 Å². The van der Waals surface area contributed by atoms with Gasteiger partial charge >= 0.3 is 0 Å². The normalized spacial score (nSPS) is 18.5. The average molecular weight is 347 g/mol. The molecule has 0 bridgehead atoms. The van der Waals surface area contributed by atoms with Crippen LogP contribution in [0.5, 0.6) is 0 Å². The van der Waals surface area contributed by atoms with Gasteiger partial charge in [-0.2, -0.15) is 5.10 Å². The van der Waals surface area contributed by atoms with Crippen LogP contribution in [0, 0.1) is 6.92 Å². The van der Waals surface area contributed by atoms with Gasteiger partial charge in [0.1, 0.15) is 6.54 Å². The highest BCUT2D eigenvalue weighted by Gasteiger charge is 2.31. The maximum atomic E-state index is 12.4. The summed E-state index contributed by atoms with van der Waals surface area (Å²) in [5, 5.41) is 17.8. The molecule has 0 spiro atoms. The van der Waals surface area contributed by atoms with Gasteiger partial charge < -0.3 is 10.4 Å². The highest BCUT2D eigenvalue weighted by atomic mass is 16.3. The summed E-state index contributed by atoms with van der Waals surface area (Å²) >= 11 is 0. The molecular weight excluding hydrogens is 326 g/mol. The molecular formula is C21H21N3O2. The van der Waals surface area contributed by atoms with Gasteiger partial charge in [-0.05, 0) is 30.0 Å². The number of benzene rings is 2. The van der Waals surface area contributed by atoms with Crippen LogP contribution in [0.3, 0.4) is 0 Å². The lowest BCUT2D eigenvalue weighted by molar-refractivity contribution is -0.123. The van der Waals surface area contributed by atoms with Gasteiger partial charge in [-0.25, -0.2) is 0 Å². The van der Waals surface area contributed by atoms with Crippen LogP contribution < -0.4 is 5.32 Å². The van der Waals surface area contributed by atoms with Gasteiger partial charge in [0.05, 0.1) is 17.8 Å². The largest absolute Gasteiger partial charge is 0.386 e. The molecule has 2 atom stereocenters. The number of nitrogens with one attached hydrogen (secondary N) is 1. The summed E-state index contributed by atoms with van der Waals surface area (Å²) in [6.07, 6.45) is 1.88. The minimum atomic E-state index is -0.658. The first-order valence-corrected chi connectivity index (χ1v) is 8.76. The topological polar surface area (TPSA) is 67.2 Å². The first-order valence-electron chi connectivity index (χ1n) is 8.76. The van der Waals surface area contributed by atoms with Crippen LogP contribution in [-0.4, -0.2) is 26.8 Å². The molecule has 26 heavy (non-hydrogen) atoms. The zero-order valence-corrected chi connectivity index (χ0v) is 14.6. The smallest absolute Gasteiger partial charge is 0.242 e. The lowest BCUT2D eigenvalue weighted by atomic mass is 10.1. The Morgan fingerprint density at radius 2 is 1.92 bits per heavy atom. The second-order valence-electron chi connectivity index (χ2n) is 6.71. The number of hydrogen-bond acceptors (Lipinski definition) is 3. The standard InChI is InChI=1S/C21H21N3O2/c1-14-18(15-7-3-2-4-8-15)12-24(23-14)13-20(25)22-19-11-16-9-5-6-10-17(16)21(19)26/h2-10,12,19,21,26H,11,13H2,1H3,(H,22,25)/t19-,21-/m1/s1. The van der Waals surface area contributed by atoms with E-state index in [2.05, 4.69) is 10.4 Å².